The van der Waals surface area contributed by atoms with E-state index in [1.54, 1.807) is 0 Å². The van der Waals surface area contributed by atoms with Crippen molar-refractivity contribution in [1.29, 1.82) is 0 Å². The number of hydrogen-bond donors (Lipinski definition) is 2. The Morgan fingerprint density at radius 1 is 1.36 bits per heavy atom. The summed E-state index contributed by atoms with van der Waals surface area (Å²) in [5.74, 6) is -1.47. The van der Waals surface area contributed by atoms with Gasteiger partial charge in [-0.15, -0.1) is 0 Å². The molecule has 0 aliphatic carbocycles. The third-order valence-electron chi connectivity index (χ3n) is 3.74. The predicted molar refractivity (Wildman–Crippen MR) is 79.4 cm³/mol. The number of rotatable bonds is 5. The van der Waals surface area contributed by atoms with Crippen LogP contribution in [0.15, 0.2) is 12.3 Å². The van der Waals surface area contributed by atoms with Gasteiger partial charge in [0.25, 0.3) is 5.91 Å². The van der Waals surface area contributed by atoms with Gasteiger partial charge >= 0.3 is 6.18 Å². The van der Waals surface area contributed by atoms with Crippen molar-refractivity contribution in [2.45, 2.75) is 31.6 Å². The van der Waals surface area contributed by atoms with Crippen LogP contribution in [0.3, 0.4) is 0 Å². The lowest BCUT2D eigenvalue weighted by atomic mass is 10.2. The van der Waals surface area contributed by atoms with E-state index >= 15 is 0 Å². The van der Waals surface area contributed by atoms with Crippen molar-refractivity contribution in [2.24, 2.45) is 0 Å². The van der Waals surface area contributed by atoms with Gasteiger partial charge in [0.2, 0.25) is 11.8 Å². The van der Waals surface area contributed by atoms with Gasteiger partial charge in [0.1, 0.15) is 18.3 Å². The monoisotopic (exact) mass is 361 g/mol. The van der Waals surface area contributed by atoms with Gasteiger partial charge in [-0.3, -0.25) is 19.1 Å². The van der Waals surface area contributed by atoms with E-state index < -0.39 is 30.6 Å². The molecule has 2 N–H and O–H groups in total. The number of halogens is 3. The summed E-state index contributed by atoms with van der Waals surface area (Å²) in [5, 5.41) is 8.31. The van der Waals surface area contributed by atoms with E-state index in [2.05, 4.69) is 15.7 Å². The van der Waals surface area contributed by atoms with Crippen LogP contribution in [0.1, 0.15) is 23.3 Å². The van der Waals surface area contributed by atoms with Gasteiger partial charge in [0, 0.05) is 19.8 Å². The minimum atomic E-state index is -4.44. The summed E-state index contributed by atoms with van der Waals surface area (Å²) in [6, 6.07) is 0.565. The second-order valence-electron chi connectivity index (χ2n) is 5.56. The van der Waals surface area contributed by atoms with Gasteiger partial charge in [-0.05, 0) is 18.9 Å². The Bertz CT molecular complexity index is 658. The Labute approximate surface area is 141 Å². The highest BCUT2D eigenvalue weighted by atomic mass is 19.4. The molecule has 2 heterocycles. The average molecular weight is 361 g/mol. The van der Waals surface area contributed by atoms with Crippen LogP contribution in [0.4, 0.5) is 13.2 Å². The minimum absolute atomic E-state index is 0.221. The van der Waals surface area contributed by atoms with E-state index in [0.717, 1.165) is 12.3 Å². The lowest BCUT2D eigenvalue weighted by molar-refractivity contribution is -0.142. The van der Waals surface area contributed by atoms with Gasteiger partial charge < -0.3 is 15.5 Å². The van der Waals surface area contributed by atoms with E-state index in [4.69, 9.17) is 0 Å². The van der Waals surface area contributed by atoms with Crippen LogP contribution in [-0.2, 0) is 16.1 Å². The predicted octanol–water partition coefficient (Wildman–Crippen LogP) is -0.0878. The number of likely N-dealkylation sites (tertiary alicyclic amines) is 1. The zero-order valence-corrected chi connectivity index (χ0v) is 13.5. The fourth-order valence-corrected chi connectivity index (χ4v) is 2.61. The van der Waals surface area contributed by atoms with Crippen LogP contribution in [0.25, 0.3) is 0 Å². The maximum atomic E-state index is 12.3. The number of aromatic nitrogens is 2. The molecule has 1 unspecified atom stereocenters. The number of nitrogens with zero attached hydrogens (tertiary/aromatic N) is 3. The summed E-state index contributed by atoms with van der Waals surface area (Å²) < 4.78 is 37.4. The lowest BCUT2D eigenvalue weighted by Gasteiger charge is -2.23. The zero-order valence-electron chi connectivity index (χ0n) is 13.5. The van der Waals surface area contributed by atoms with Crippen molar-refractivity contribution in [3.63, 3.8) is 0 Å². The number of carbonyl (C=O) groups excluding carboxylic acids is 3. The van der Waals surface area contributed by atoms with Gasteiger partial charge in [-0.1, -0.05) is 0 Å². The number of carbonyl (C=O) groups is 3. The Hall–Kier alpha value is -2.59. The summed E-state index contributed by atoms with van der Waals surface area (Å²) in [7, 11) is 1.47. The highest BCUT2D eigenvalue weighted by Gasteiger charge is 2.33. The highest BCUT2D eigenvalue weighted by molar-refractivity contribution is 5.95. The molecule has 0 spiro atoms. The fourth-order valence-electron chi connectivity index (χ4n) is 2.61. The molecule has 0 radical (unpaired) electrons. The molecule has 1 aromatic heterocycles. The smallest absolute Gasteiger partial charge is 0.357 e. The highest BCUT2D eigenvalue weighted by Crippen LogP contribution is 2.18. The summed E-state index contributed by atoms with van der Waals surface area (Å²) in [4.78, 5) is 37.1. The van der Waals surface area contributed by atoms with Crippen molar-refractivity contribution in [1.82, 2.24) is 25.3 Å². The van der Waals surface area contributed by atoms with E-state index in [1.807, 2.05) is 0 Å². The molecular formula is C14H18F3N5O3. The van der Waals surface area contributed by atoms with Gasteiger partial charge in [0.05, 0.1) is 6.54 Å². The molecule has 138 valence electrons. The molecule has 3 amide bonds. The molecule has 1 fully saturated rings. The van der Waals surface area contributed by atoms with E-state index in [1.165, 1.54) is 11.9 Å². The quantitative estimate of drug-likeness (QED) is 0.766. The van der Waals surface area contributed by atoms with Crippen LogP contribution < -0.4 is 10.6 Å². The number of likely N-dealkylation sites (N-methyl/N-ethyl adjacent to an activating group) is 1. The molecular weight excluding hydrogens is 343 g/mol. The molecule has 1 aromatic rings. The largest absolute Gasteiger partial charge is 0.408 e. The molecule has 1 aliphatic heterocycles. The summed E-state index contributed by atoms with van der Waals surface area (Å²) in [6.45, 7) is -1.26. The lowest BCUT2D eigenvalue weighted by Crippen LogP contribution is -2.48. The summed E-state index contributed by atoms with van der Waals surface area (Å²) >= 11 is 0. The van der Waals surface area contributed by atoms with E-state index in [0.29, 0.717) is 24.1 Å². The topological polar surface area (TPSA) is 96.3 Å². The molecule has 1 saturated heterocycles. The molecule has 0 aromatic carbocycles. The van der Waals surface area contributed by atoms with Crippen LogP contribution in [0.2, 0.25) is 0 Å². The average Bonchev–Trinajstić information content (AvgIpc) is 3.19. The number of hydrogen-bond acceptors (Lipinski definition) is 4. The zero-order chi connectivity index (χ0) is 18.6. The number of alkyl halides is 3. The summed E-state index contributed by atoms with van der Waals surface area (Å²) in [5.41, 5.74) is -0.221. The maximum Gasteiger partial charge on any atom is 0.408 e. The molecule has 11 heteroatoms. The molecule has 0 saturated carbocycles. The first-order chi connectivity index (χ1) is 11.7. The Balaban J connectivity index is 1.89. The Morgan fingerprint density at radius 3 is 2.72 bits per heavy atom. The van der Waals surface area contributed by atoms with Gasteiger partial charge in [-0.2, -0.15) is 18.3 Å². The third-order valence-corrected chi connectivity index (χ3v) is 3.74. The fraction of sp³-hybridized carbons (Fsp3) is 0.571. The van der Waals surface area contributed by atoms with Crippen molar-refractivity contribution in [3.05, 3.63) is 18.0 Å². The first-order valence-corrected chi connectivity index (χ1v) is 7.60. The molecule has 1 atom stereocenters. The minimum Gasteiger partial charge on any atom is -0.357 e. The van der Waals surface area contributed by atoms with E-state index in [-0.39, 0.29) is 18.1 Å². The SMILES string of the molecule is CNC(=O)C1CCCN1C(=O)CNC(=O)c1ccn(CC(F)(F)F)n1. The van der Waals surface area contributed by atoms with Crippen LogP contribution >= 0.6 is 0 Å². The van der Waals surface area contributed by atoms with Crippen LogP contribution in [0, 0.1) is 0 Å². The standard InChI is InChI=1S/C14H18F3N5O3/c1-18-13(25)10-3-2-5-22(10)11(23)7-19-12(24)9-4-6-21(20-9)8-14(15,16)17/h4,6,10H,2-3,5,7-8H2,1H3,(H,18,25)(H,19,24). The number of amides is 3. The van der Waals surface area contributed by atoms with Crippen molar-refractivity contribution < 1.29 is 27.6 Å². The third kappa shape index (κ3) is 4.94. The summed E-state index contributed by atoms with van der Waals surface area (Å²) in [6.07, 6.45) is -2.19. The van der Waals surface area contributed by atoms with Gasteiger partial charge in [-0.25, -0.2) is 0 Å². The normalized spacial score (nSPS) is 17.4. The first kappa shape index (κ1) is 18.7. The maximum absolute atomic E-state index is 12.3. The molecule has 2 rings (SSSR count). The molecule has 8 nitrogen and oxygen atoms in total. The van der Waals surface area contributed by atoms with E-state index in [9.17, 15) is 27.6 Å². The second kappa shape index (κ2) is 7.53. The molecule has 1 aliphatic rings. The first-order valence-electron chi connectivity index (χ1n) is 7.60. The Kier molecular flexibility index (Phi) is 5.65. The van der Waals surface area contributed by atoms with Crippen molar-refractivity contribution in [3.8, 4) is 0 Å². The van der Waals surface area contributed by atoms with Gasteiger partial charge in [0.15, 0.2) is 0 Å². The second-order valence-corrected chi connectivity index (χ2v) is 5.56. The molecule has 0 bridgehead atoms. The van der Waals surface area contributed by atoms with Crippen molar-refractivity contribution in [2.75, 3.05) is 20.1 Å². The Morgan fingerprint density at radius 2 is 2.08 bits per heavy atom. The molecule has 25 heavy (non-hydrogen) atoms. The van der Waals surface area contributed by atoms with Crippen LogP contribution in [0.5, 0.6) is 0 Å². The number of nitrogens with one attached hydrogen (secondary N) is 2. The van der Waals surface area contributed by atoms with Crippen molar-refractivity contribution >= 4 is 17.7 Å². The van der Waals surface area contributed by atoms with Crippen LogP contribution in [-0.4, -0.2) is 64.8 Å².